The molecule has 1 aliphatic rings. The fourth-order valence-corrected chi connectivity index (χ4v) is 1.60. The first kappa shape index (κ1) is 16.0. The minimum Gasteiger partial charge on any atom is -0.176 e. The summed E-state index contributed by atoms with van der Waals surface area (Å²) in [5.41, 5.74) is 3.72. The zero-order valence-electron chi connectivity index (χ0n) is 10.7. The maximum absolute atomic E-state index is 3.43. The van der Waals surface area contributed by atoms with E-state index in [4.69, 9.17) is 0 Å². The van der Waals surface area contributed by atoms with Crippen molar-refractivity contribution in [2.24, 2.45) is 0 Å². The van der Waals surface area contributed by atoms with Crippen molar-refractivity contribution in [1.82, 2.24) is 0 Å². The van der Waals surface area contributed by atoms with E-state index in [1.807, 2.05) is 32.1 Å². The number of hydrogen-bond donors (Lipinski definition) is 0. The van der Waals surface area contributed by atoms with Crippen LogP contribution in [0.3, 0.4) is 0 Å². The molecule has 1 aliphatic carbocycles. The zero-order valence-corrected chi connectivity index (χ0v) is 12.0. The first-order valence-corrected chi connectivity index (χ1v) is 5.70. The molecule has 0 bridgehead atoms. The van der Waals surface area contributed by atoms with E-state index in [1.165, 1.54) is 16.7 Å². The monoisotopic (exact) mass is 263 g/mol. The van der Waals surface area contributed by atoms with Crippen LogP contribution in [0.1, 0.15) is 27.2 Å². The summed E-state index contributed by atoms with van der Waals surface area (Å²) in [5, 5.41) is 0. The molecular formula is C16H19Cr-. The van der Waals surface area contributed by atoms with E-state index in [2.05, 4.69) is 43.4 Å². The van der Waals surface area contributed by atoms with Gasteiger partial charge in [0.2, 0.25) is 0 Å². The molecule has 0 spiro atoms. The topological polar surface area (TPSA) is 0 Å². The third-order valence-corrected chi connectivity index (χ3v) is 2.31. The Morgan fingerprint density at radius 3 is 2.65 bits per heavy atom. The fourth-order valence-electron chi connectivity index (χ4n) is 1.60. The Bertz CT molecular complexity index is 401. The number of hydrogen-bond acceptors (Lipinski definition) is 0. The van der Waals surface area contributed by atoms with E-state index in [0.29, 0.717) is 0 Å². The molecule has 0 saturated carbocycles. The van der Waals surface area contributed by atoms with Crippen molar-refractivity contribution >= 4 is 0 Å². The normalized spacial score (nSPS) is 16.8. The van der Waals surface area contributed by atoms with Crippen molar-refractivity contribution in [3.63, 3.8) is 0 Å². The maximum atomic E-state index is 3.43. The summed E-state index contributed by atoms with van der Waals surface area (Å²) in [6, 6.07) is 0. The summed E-state index contributed by atoms with van der Waals surface area (Å²) in [5.74, 6) is 0. The molecule has 0 aromatic heterocycles. The molecule has 0 saturated heterocycles. The molecule has 0 aromatic rings. The van der Waals surface area contributed by atoms with Crippen LogP contribution in [0, 0.1) is 6.08 Å². The molecule has 0 aliphatic heterocycles. The van der Waals surface area contributed by atoms with Gasteiger partial charge in [-0.05, 0) is 13.3 Å². The Morgan fingerprint density at radius 2 is 2.00 bits per heavy atom. The van der Waals surface area contributed by atoms with Crippen LogP contribution >= 0.6 is 0 Å². The molecule has 0 amide bonds. The Kier molecular flexibility index (Phi) is 8.50. The Balaban J connectivity index is 0.00000256. The van der Waals surface area contributed by atoms with Gasteiger partial charge in [0, 0.05) is 17.4 Å². The van der Waals surface area contributed by atoms with Crippen LogP contribution < -0.4 is 0 Å². The smallest absolute Gasteiger partial charge is 0 e. The predicted octanol–water partition coefficient (Wildman–Crippen LogP) is 4.70. The molecule has 0 fully saturated rings. The van der Waals surface area contributed by atoms with Crippen LogP contribution in [0.4, 0.5) is 0 Å². The van der Waals surface area contributed by atoms with Gasteiger partial charge in [-0.2, -0.15) is 23.3 Å². The largest absolute Gasteiger partial charge is 0.176 e. The van der Waals surface area contributed by atoms with E-state index in [-0.39, 0.29) is 17.4 Å². The molecular weight excluding hydrogens is 244 g/mol. The zero-order chi connectivity index (χ0) is 11.8. The molecule has 0 unspecified atom stereocenters. The number of allylic oxidation sites excluding steroid dienone is 12. The average molecular weight is 263 g/mol. The summed E-state index contributed by atoms with van der Waals surface area (Å²) in [6.45, 7) is 6.13. The molecule has 1 heteroatoms. The van der Waals surface area contributed by atoms with Crippen LogP contribution in [0.5, 0.6) is 0 Å². The minimum absolute atomic E-state index is 0. The van der Waals surface area contributed by atoms with Crippen molar-refractivity contribution < 1.29 is 17.4 Å². The standard InChI is InChI=1S/C16H19.Cr/c1-4-6-7-10-15-11-8-12-16(15)13-14(3)9-5-2;/h4-11H,12H2,1-3H3;/q-1;. The first-order valence-electron chi connectivity index (χ1n) is 5.70. The van der Waals surface area contributed by atoms with Crippen LogP contribution in [-0.2, 0) is 17.4 Å². The van der Waals surface area contributed by atoms with Crippen LogP contribution in [-0.4, -0.2) is 0 Å². The second-order valence-corrected chi connectivity index (χ2v) is 3.73. The van der Waals surface area contributed by atoms with E-state index in [9.17, 15) is 0 Å². The molecule has 0 atom stereocenters. The summed E-state index contributed by atoms with van der Waals surface area (Å²) in [4.78, 5) is 0. The van der Waals surface area contributed by atoms with E-state index in [1.54, 1.807) is 0 Å². The summed E-state index contributed by atoms with van der Waals surface area (Å²) in [7, 11) is 0. The third-order valence-electron chi connectivity index (χ3n) is 2.31. The van der Waals surface area contributed by atoms with Gasteiger partial charge in [-0.25, -0.2) is 0 Å². The van der Waals surface area contributed by atoms with Crippen molar-refractivity contribution in [3.05, 3.63) is 71.4 Å². The van der Waals surface area contributed by atoms with E-state index in [0.717, 1.165) is 6.42 Å². The van der Waals surface area contributed by atoms with Gasteiger partial charge < -0.3 is 0 Å². The quantitative estimate of drug-likeness (QED) is 0.509. The second-order valence-electron chi connectivity index (χ2n) is 3.73. The summed E-state index contributed by atoms with van der Waals surface area (Å²) >= 11 is 0. The average Bonchev–Trinajstić information content (AvgIpc) is 2.66. The number of rotatable bonds is 4. The Hall–Kier alpha value is -1.03. The predicted molar refractivity (Wildman–Crippen MR) is 72.0 cm³/mol. The second kappa shape index (κ2) is 9.05. The molecule has 0 radical (unpaired) electrons. The van der Waals surface area contributed by atoms with Gasteiger partial charge in [-0.1, -0.05) is 38.2 Å². The summed E-state index contributed by atoms with van der Waals surface area (Å²) in [6.07, 6.45) is 21.2. The summed E-state index contributed by atoms with van der Waals surface area (Å²) < 4.78 is 0. The van der Waals surface area contributed by atoms with Crippen LogP contribution in [0.2, 0.25) is 0 Å². The minimum atomic E-state index is 0. The molecule has 0 nitrogen and oxygen atoms in total. The first-order chi connectivity index (χ1) is 7.77. The van der Waals surface area contributed by atoms with Gasteiger partial charge >= 0.3 is 0 Å². The van der Waals surface area contributed by atoms with Crippen molar-refractivity contribution in [2.45, 2.75) is 27.2 Å². The van der Waals surface area contributed by atoms with Crippen molar-refractivity contribution in [2.75, 3.05) is 0 Å². The van der Waals surface area contributed by atoms with Gasteiger partial charge in [0.15, 0.2) is 0 Å². The maximum Gasteiger partial charge on any atom is 0 e. The molecule has 17 heavy (non-hydrogen) atoms. The van der Waals surface area contributed by atoms with Gasteiger partial charge in [0.05, 0.1) is 0 Å². The molecule has 0 N–H and O–H groups in total. The van der Waals surface area contributed by atoms with Gasteiger partial charge in [-0.15, -0.1) is 23.8 Å². The molecule has 0 heterocycles. The van der Waals surface area contributed by atoms with Crippen LogP contribution in [0.25, 0.3) is 0 Å². The third kappa shape index (κ3) is 5.73. The van der Waals surface area contributed by atoms with Gasteiger partial charge in [0.25, 0.3) is 0 Å². The van der Waals surface area contributed by atoms with Gasteiger partial charge in [0.1, 0.15) is 0 Å². The Labute approximate surface area is 116 Å². The van der Waals surface area contributed by atoms with E-state index >= 15 is 0 Å². The van der Waals surface area contributed by atoms with Crippen molar-refractivity contribution in [3.8, 4) is 0 Å². The Morgan fingerprint density at radius 1 is 1.24 bits per heavy atom. The molecule has 1 rings (SSSR count). The van der Waals surface area contributed by atoms with Gasteiger partial charge in [-0.3, -0.25) is 0 Å². The van der Waals surface area contributed by atoms with E-state index < -0.39 is 0 Å². The fraction of sp³-hybridized carbons (Fsp3) is 0.250. The van der Waals surface area contributed by atoms with Crippen LogP contribution in [0.15, 0.2) is 65.3 Å². The molecule has 90 valence electrons. The SMILES string of the molecule is CC=CC=CC1=C([C-]=C(C)C=CC)CC=C1.[Cr]. The molecule has 0 aromatic carbocycles. The van der Waals surface area contributed by atoms with Crippen molar-refractivity contribution in [1.29, 1.82) is 0 Å².